The lowest BCUT2D eigenvalue weighted by Gasteiger charge is -1.83. The van der Waals surface area contributed by atoms with Gasteiger partial charge in [0.1, 0.15) is 0 Å². The molecule has 0 aliphatic heterocycles. The molecule has 1 aromatic rings. The topological polar surface area (TPSA) is 52.5 Å². The number of aromatic amines is 1. The zero-order chi connectivity index (χ0) is 6.69. The van der Waals surface area contributed by atoms with E-state index in [0.29, 0.717) is 17.1 Å². The average molecular weight is 142 g/mol. The Kier molecular flexibility index (Phi) is 1.71. The maximum Gasteiger partial charge on any atom is 0.0825 e. The van der Waals surface area contributed by atoms with Crippen molar-refractivity contribution < 1.29 is 0 Å². The van der Waals surface area contributed by atoms with Gasteiger partial charge in [0.05, 0.1) is 29.4 Å². The molecule has 4 heteroatoms. The SMILES string of the molecule is N#CCc1[nH]ncc1Cl. The van der Waals surface area contributed by atoms with Gasteiger partial charge in [-0.2, -0.15) is 10.4 Å². The molecule has 3 nitrogen and oxygen atoms in total. The number of H-pyrrole nitrogens is 1. The van der Waals surface area contributed by atoms with Gasteiger partial charge in [0.2, 0.25) is 0 Å². The largest absolute Gasteiger partial charge is 0.280 e. The van der Waals surface area contributed by atoms with Crippen LogP contribution in [0.5, 0.6) is 0 Å². The number of hydrogen-bond donors (Lipinski definition) is 1. The fourth-order valence-electron chi connectivity index (χ4n) is 0.501. The van der Waals surface area contributed by atoms with Gasteiger partial charge in [0.15, 0.2) is 0 Å². The van der Waals surface area contributed by atoms with Crippen molar-refractivity contribution >= 4 is 11.6 Å². The molecule has 0 saturated heterocycles. The molecule has 1 N–H and O–H groups in total. The van der Waals surface area contributed by atoms with Crippen molar-refractivity contribution in [2.75, 3.05) is 0 Å². The summed E-state index contributed by atoms with van der Waals surface area (Å²) >= 11 is 5.57. The Bertz CT molecular complexity index is 235. The van der Waals surface area contributed by atoms with E-state index in [1.54, 1.807) is 0 Å². The lowest BCUT2D eigenvalue weighted by molar-refractivity contribution is 1.01. The van der Waals surface area contributed by atoms with Crippen LogP contribution in [-0.4, -0.2) is 10.2 Å². The third-order valence-electron chi connectivity index (χ3n) is 0.922. The second-order valence-corrected chi connectivity index (χ2v) is 1.94. The highest BCUT2D eigenvalue weighted by atomic mass is 35.5. The van der Waals surface area contributed by atoms with E-state index in [-0.39, 0.29) is 0 Å². The van der Waals surface area contributed by atoms with Crippen molar-refractivity contribution in [3.63, 3.8) is 0 Å². The summed E-state index contributed by atoms with van der Waals surface area (Å²) in [4.78, 5) is 0. The van der Waals surface area contributed by atoms with Gasteiger partial charge in [-0.05, 0) is 0 Å². The molecule has 0 radical (unpaired) electrons. The van der Waals surface area contributed by atoms with E-state index >= 15 is 0 Å². The Morgan fingerprint density at radius 1 is 1.89 bits per heavy atom. The Balaban J connectivity index is 2.84. The van der Waals surface area contributed by atoms with Crippen molar-refractivity contribution in [2.24, 2.45) is 0 Å². The minimum absolute atomic E-state index is 0.291. The van der Waals surface area contributed by atoms with E-state index in [2.05, 4.69) is 10.2 Å². The molecule has 0 atom stereocenters. The normalized spacial score (nSPS) is 8.89. The molecule has 0 unspecified atom stereocenters. The first-order valence-electron chi connectivity index (χ1n) is 2.39. The minimum atomic E-state index is 0.291. The summed E-state index contributed by atoms with van der Waals surface area (Å²) in [6.07, 6.45) is 1.77. The molecule has 0 amide bonds. The zero-order valence-corrected chi connectivity index (χ0v) is 5.31. The highest BCUT2D eigenvalue weighted by Crippen LogP contribution is 2.10. The van der Waals surface area contributed by atoms with Crippen LogP contribution in [0.15, 0.2) is 6.20 Å². The van der Waals surface area contributed by atoms with Crippen molar-refractivity contribution in [3.8, 4) is 6.07 Å². The second kappa shape index (κ2) is 2.51. The predicted octanol–water partition coefficient (Wildman–Crippen LogP) is 1.13. The first-order valence-corrected chi connectivity index (χ1v) is 2.77. The van der Waals surface area contributed by atoms with Crippen LogP contribution in [-0.2, 0) is 6.42 Å². The zero-order valence-electron chi connectivity index (χ0n) is 4.56. The van der Waals surface area contributed by atoms with Gasteiger partial charge in [-0.25, -0.2) is 0 Å². The molecule has 0 bridgehead atoms. The van der Waals surface area contributed by atoms with Crippen molar-refractivity contribution in [1.82, 2.24) is 10.2 Å². The van der Waals surface area contributed by atoms with Crippen LogP contribution in [0, 0.1) is 11.3 Å². The summed E-state index contributed by atoms with van der Waals surface area (Å²) in [5.74, 6) is 0. The summed E-state index contributed by atoms with van der Waals surface area (Å²) in [7, 11) is 0. The molecule has 1 aromatic heterocycles. The van der Waals surface area contributed by atoms with Crippen LogP contribution in [0.1, 0.15) is 5.69 Å². The van der Waals surface area contributed by atoms with Crippen molar-refractivity contribution in [2.45, 2.75) is 6.42 Å². The van der Waals surface area contributed by atoms with Gasteiger partial charge in [0, 0.05) is 0 Å². The lowest BCUT2D eigenvalue weighted by Crippen LogP contribution is -1.80. The van der Waals surface area contributed by atoms with Crippen LogP contribution in [0.3, 0.4) is 0 Å². The molecular weight excluding hydrogens is 138 g/mol. The molecule has 46 valence electrons. The standard InChI is InChI=1S/C5H4ClN3/c6-4-3-8-9-5(4)1-2-7/h3H,1H2,(H,8,9). The molecule has 1 rings (SSSR count). The van der Waals surface area contributed by atoms with Gasteiger partial charge >= 0.3 is 0 Å². The van der Waals surface area contributed by atoms with Crippen molar-refractivity contribution in [3.05, 3.63) is 16.9 Å². The predicted molar refractivity (Wildman–Crippen MR) is 32.9 cm³/mol. The van der Waals surface area contributed by atoms with Gasteiger partial charge in [0.25, 0.3) is 0 Å². The van der Waals surface area contributed by atoms with Gasteiger partial charge in [-0.15, -0.1) is 0 Å². The van der Waals surface area contributed by atoms with Crippen LogP contribution in [0.25, 0.3) is 0 Å². The summed E-state index contributed by atoms with van der Waals surface area (Å²) in [5, 5.41) is 15.0. The van der Waals surface area contributed by atoms with E-state index in [9.17, 15) is 0 Å². The number of aromatic nitrogens is 2. The molecule has 9 heavy (non-hydrogen) atoms. The number of hydrogen-bond acceptors (Lipinski definition) is 2. The Hall–Kier alpha value is -1.01. The first kappa shape index (κ1) is 6.12. The van der Waals surface area contributed by atoms with Crippen LogP contribution in [0.4, 0.5) is 0 Å². The molecular formula is C5H4ClN3. The number of rotatable bonds is 1. The van der Waals surface area contributed by atoms with E-state index in [0.717, 1.165) is 0 Å². The monoisotopic (exact) mass is 141 g/mol. The number of nitriles is 1. The van der Waals surface area contributed by atoms with E-state index in [1.807, 2.05) is 6.07 Å². The number of halogens is 1. The highest BCUT2D eigenvalue weighted by Gasteiger charge is 1.98. The Morgan fingerprint density at radius 2 is 2.67 bits per heavy atom. The summed E-state index contributed by atoms with van der Waals surface area (Å²) in [6, 6.07) is 1.96. The third-order valence-corrected chi connectivity index (χ3v) is 1.25. The van der Waals surface area contributed by atoms with E-state index in [4.69, 9.17) is 16.9 Å². The third kappa shape index (κ3) is 1.21. The lowest BCUT2D eigenvalue weighted by atomic mass is 10.3. The molecule has 0 aromatic carbocycles. The van der Waals surface area contributed by atoms with Gasteiger partial charge < -0.3 is 0 Å². The number of nitrogens with zero attached hydrogens (tertiary/aromatic N) is 2. The summed E-state index contributed by atoms with van der Waals surface area (Å²) < 4.78 is 0. The minimum Gasteiger partial charge on any atom is -0.280 e. The van der Waals surface area contributed by atoms with Gasteiger partial charge in [-0.1, -0.05) is 11.6 Å². The molecule has 0 aliphatic rings. The highest BCUT2D eigenvalue weighted by molar-refractivity contribution is 6.31. The fraction of sp³-hybridized carbons (Fsp3) is 0.200. The summed E-state index contributed by atoms with van der Waals surface area (Å²) in [5.41, 5.74) is 0.680. The number of nitrogens with one attached hydrogen (secondary N) is 1. The Labute approximate surface area is 57.3 Å². The van der Waals surface area contributed by atoms with E-state index in [1.165, 1.54) is 6.20 Å². The van der Waals surface area contributed by atoms with E-state index < -0.39 is 0 Å². The molecule has 0 saturated carbocycles. The van der Waals surface area contributed by atoms with Crippen molar-refractivity contribution in [1.29, 1.82) is 5.26 Å². The smallest absolute Gasteiger partial charge is 0.0825 e. The molecule has 0 aliphatic carbocycles. The summed E-state index contributed by atoms with van der Waals surface area (Å²) in [6.45, 7) is 0. The molecule has 1 heterocycles. The van der Waals surface area contributed by atoms with Gasteiger partial charge in [-0.3, -0.25) is 5.10 Å². The maximum absolute atomic E-state index is 8.21. The maximum atomic E-state index is 8.21. The molecule has 0 fully saturated rings. The average Bonchev–Trinajstić information content (AvgIpc) is 2.18. The molecule has 0 spiro atoms. The van der Waals surface area contributed by atoms with Crippen LogP contribution < -0.4 is 0 Å². The van der Waals surface area contributed by atoms with Crippen LogP contribution >= 0.6 is 11.6 Å². The van der Waals surface area contributed by atoms with Crippen LogP contribution in [0.2, 0.25) is 5.02 Å². The second-order valence-electron chi connectivity index (χ2n) is 1.53. The quantitative estimate of drug-likeness (QED) is 0.638. The first-order chi connectivity index (χ1) is 4.34. The Morgan fingerprint density at radius 3 is 3.11 bits per heavy atom. The fourth-order valence-corrected chi connectivity index (χ4v) is 0.659.